The highest BCUT2D eigenvalue weighted by Gasteiger charge is 2.04. The summed E-state index contributed by atoms with van der Waals surface area (Å²) < 4.78 is 0. The predicted molar refractivity (Wildman–Crippen MR) is 51.1 cm³/mol. The Morgan fingerprint density at radius 3 is 2.17 bits per heavy atom. The number of ketones is 1. The van der Waals surface area contributed by atoms with Gasteiger partial charge in [-0.3, -0.25) is 4.79 Å². The molecule has 0 atom stereocenters. The second-order valence-corrected chi connectivity index (χ2v) is 3.31. The maximum Gasteiger partial charge on any atom is 0.162 e. The van der Waals surface area contributed by atoms with E-state index in [1.165, 1.54) is 0 Å². The van der Waals surface area contributed by atoms with Gasteiger partial charge in [0.1, 0.15) is 0 Å². The number of halogens is 2. The molecule has 0 amide bonds. The van der Waals surface area contributed by atoms with Gasteiger partial charge in [-0.2, -0.15) is 0 Å². The first-order chi connectivity index (χ1) is 5.63. The van der Waals surface area contributed by atoms with Crippen LogP contribution in [0.2, 0.25) is 10.0 Å². The molecule has 0 unspecified atom stereocenters. The van der Waals surface area contributed by atoms with Gasteiger partial charge in [0.15, 0.2) is 5.78 Å². The summed E-state index contributed by atoms with van der Waals surface area (Å²) in [7, 11) is 0. The molecule has 0 spiro atoms. The second-order valence-electron chi connectivity index (χ2n) is 2.43. The third-order valence-electron chi connectivity index (χ3n) is 1.51. The molecule has 0 saturated carbocycles. The summed E-state index contributed by atoms with van der Waals surface area (Å²) in [5, 5.41) is 0.999. The first-order valence-electron chi connectivity index (χ1n) is 3.62. The lowest BCUT2D eigenvalue weighted by atomic mass is 10.1. The third kappa shape index (κ3) is 2.23. The zero-order chi connectivity index (χ0) is 9.14. The highest BCUT2D eigenvalue weighted by molar-refractivity contribution is 6.35. The van der Waals surface area contributed by atoms with E-state index in [4.69, 9.17) is 23.2 Å². The first-order valence-corrected chi connectivity index (χ1v) is 4.38. The van der Waals surface area contributed by atoms with Crippen molar-refractivity contribution in [3.63, 3.8) is 0 Å². The quantitative estimate of drug-likeness (QED) is 0.671. The molecule has 0 radical (unpaired) electrons. The highest BCUT2D eigenvalue weighted by Crippen LogP contribution is 2.19. The van der Waals surface area contributed by atoms with Gasteiger partial charge in [-0.1, -0.05) is 30.1 Å². The minimum atomic E-state index is 0.0550. The summed E-state index contributed by atoms with van der Waals surface area (Å²) >= 11 is 11.4. The first kappa shape index (κ1) is 9.56. The zero-order valence-corrected chi connectivity index (χ0v) is 8.12. The molecule has 64 valence electrons. The van der Waals surface area contributed by atoms with Crippen LogP contribution in [0.3, 0.4) is 0 Å². The van der Waals surface area contributed by atoms with Crippen LogP contribution in [0.1, 0.15) is 23.7 Å². The fraction of sp³-hybridized carbons (Fsp3) is 0.222. The molecular weight excluding hydrogens is 195 g/mol. The van der Waals surface area contributed by atoms with E-state index in [0.717, 1.165) is 0 Å². The second kappa shape index (κ2) is 3.92. The molecule has 1 aromatic rings. The van der Waals surface area contributed by atoms with Crippen molar-refractivity contribution in [3.05, 3.63) is 33.8 Å². The molecule has 0 aliphatic heterocycles. The summed E-state index contributed by atoms with van der Waals surface area (Å²) in [6, 6.07) is 4.86. The monoisotopic (exact) mass is 202 g/mol. The fourth-order valence-corrected chi connectivity index (χ4v) is 1.44. The molecule has 1 nitrogen and oxygen atoms in total. The Bertz CT molecular complexity index is 287. The van der Waals surface area contributed by atoms with Crippen LogP contribution in [-0.4, -0.2) is 5.78 Å². The van der Waals surface area contributed by atoms with Crippen molar-refractivity contribution >= 4 is 29.0 Å². The van der Waals surface area contributed by atoms with E-state index in [1.807, 2.05) is 0 Å². The number of benzene rings is 1. The Balaban J connectivity index is 3.08. The van der Waals surface area contributed by atoms with Gasteiger partial charge in [0.25, 0.3) is 0 Å². The van der Waals surface area contributed by atoms with Crippen molar-refractivity contribution in [2.75, 3.05) is 0 Å². The molecule has 0 aromatic heterocycles. The molecule has 1 aromatic carbocycles. The van der Waals surface area contributed by atoms with Crippen LogP contribution in [0.5, 0.6) is 0 Å². The lowest BCUT2D eigenvalue weighted by Gasteiger charge is -1.99. The van der Waals surface area contributed by atoms with Crippen molar-refractivity contribution in [2.45, 2.75) is 13.3 Å². The average Bonchev–Trinajstić information content (AvgIpc) is 2.01. The van der Waals surface area contributed by atoms with E-state index >= 15 is 0 Å². The van der Waals surface area contributed by atoms with Crippen LogP contribution in [0.15, 0.2) is 18.2 Å². The van der Waals surface area contributed by atoms with E-state index in [1.54, 1.807) is 25.1 Å². The van der Waals surface area contributed by atoms with Gasteiger partial charge in [-0.15, -0.1) is 0 Å². The fourth-order valence-electron chi connectivity index (χ4n) is 0.919. The molecule has 12 heavy (non-hydrogen) atoms. The van der Waals surface area contributed by atoms with Crippen molar-refractivity contribution in [2.24, 2.45) is 0 Å². The summed E-state index contributed by atoms with van der Waals surface area (Å²) in [5.41, 5.74) is 0.579. The SMILES string of the molecule is CCC(=O)c1cc(Cl)cc(Cl)c1. The van der Waals surface area contributed by atoms with Crippen LogP contribution < -0.4 is 0 Å². The third-order valence-corrected chi connectivity index (χ3v) is 1.94. The van der Waals surface area contributed by atoms with Gasteiger partial charge in [0, 0.05) is 22.0 Å². The normalized spacial score (nSPS) is 9.92. The predicted octanol–water partition coefficient (Wildman–Crippen LogP) is 3.59. The number of hydrogen-bond donors (Lipinski definition) is 0. The van der Waals surface area contributed by atoms with E-state index in [-0.39, 0.29) is 5.78 Å². The Kier molecular flexibility index (Phi) is 3.12. The van der Waals surface area contributed by atoms with Crippen LogP contribution in [0.25, 0.3) is 0 Å². The molecule has 0 saturated heterocycles. The number of carbonyl (C=O) groups excluding carboxylic acids is 1. The zero-order valence-electron chi connectivity index (χ0n) is 6.60. The van der Waals surface area contributed by atoms with Gasteiger partial charge in [0.2, 0.25) is 0 Å². The standard InChI is InChI=1S/C9H8Cl2O/c1-2-9(12)6-3-7(10)5-8(11)4-6/h3-5H,2H2,1H3. The van der Waals surface area contributed by atoms with Gasteiger partial charge < -0.3 is 0 Å². The van der Waals surface area contributed by atoms with Gasteiger partial charge in [-0.25, -0.2) is 0 Å². The summed E-state index contributed by atoms with van der Waals surface area (Å²) in [5.74, 6) is 0.0550. The molecule has 0 fully saturated rings. The molecule has 3 heteroatoms. The number of carbonyl (C=O) groups is 1. The molecule has 0 aliphatic carbocycles. The average molecular weight is 203 g/mol. The summed E-state index contributed by atoms with van der Waals surface area (Å²) in [6.45, 7) is 1.80. The lowest BCUT2D eigenvalue weighted by Crippen LogP contribution is -1.95. The van der Waals surface area contributed by atoms with E-state index in [2.05, 4.69) is 0 Å². The minimum Gasteiger partial charge on any atom is -0.294 e. The molecule has 0 heterocycles. The van der Waals surface area contributed by atoms with Crippen LogP contribution in [0.4, 0.5) is 0 Å². The minimum absolute atomic E-state index is 0.0550. The largest absolute Gasteiger partial charge is 0.294 e. The Labute approximate surface area is 81.3 Å². The molecule has 0 bridgehead atoms. The number of rotatable bonds is 2. The summed E-state index contributed by atoms with van der Waals surface area (Å²) in [4.78, 5) is 11.2. The lowest BCUT2D eigenvalue weighted by molar-refractivity contribution is 0.0988. The van der Waals surface area contributed by atoms with Crippen LogP contribution in [0, 0.1) is 0 Å². The Hall–Kier alpha value is -0.530. The van der Waals surface area contributed by atoms with Gasteiger partial charge >= 0.3 is 0 Å². The van der Waals surface area contributed by atoms with Crippen molar-refractivity contribution < 1.29 is 4.79 Å². The van der Waals surface area contributed by atoms with E-state index in [9.17, 15) is 4.79 Å². The highest BCUT2D eigenvalue weighted by atomic mass is 35.5. The van der Waals surface area contributed by atoms with Crippen molar-refractivity contribution in [1.29, 1.82) is 0 Å². The topological polar surface area (TPSA) is 17.1 Å². The molecular formula is C9H8Cl2O. The molecule has 0 N–H and O–H groups in total. The Morgan fingerprint density at radius 2 is 1.75 bits per heavy atom. The van der Waals surface area contributed by atoms with Gasteiger partial charge in [-0.05, 0) is 18.2 Å². The van der Waals surface area contributed by atoms with Crippen molar-refractivity contribution in [3.8, 4) is 0 Å². The number of hydrogen-bond acceptors (Lipinski definition) is 1. The molecule has 0 aliphatic rings. The van der Waals surface area contributed by atoms with E-state index in [0.29, 0.717) is 22.0 Å². The van der Waals surface area contributed by atoms with Crippen LogP contribution >= 0.6 is 23.2 Å². The maximum atomic E-state index is 11.2. The summed E-state index contributed by atoms with van der Waals surface area (Å²) in [6.07, 6.45) is 0.469. The van der Waals surface area contributed by atoms with E-state index < -0.39 is 0 Å². The smallest absolute Gasteiger partial charge is 0.162 e. The van der Waals surface area contributed by atoms with Gasteiger partial charge in [0.05, 0.1) is 0 Å². The molecule has 1 rings (SSSR count). The van der Waals surface area contributed by atoms with Crippen LogP contribution in [-0.2, 0) is 0 Å². The van der Waals surface area contributed by atoms with Crippen molar-refractivity contribution in [1.82, 2.24) is 0 Å². The Morgan fingerprint density at radius 1 is 1.25 bits per heavy atom. The number of Topliss-reactive ketones (excluding diaryl/α,β-unsaturated/α-hetero) is 1. The maximum absolute atomic E-state index is 11.2.